The lowest BCUT2D eigenvalue weighted by Crippen LogP contribution is -2.49. The summed E-state index contributed by atoms with van der Waals surface area (Å²) in [6, 6.07) is 0.574. The highest BCUT2D eigenvalue weighted by atomic mass is 32.2. The maximum Gasteiger partial charge on any atom is 0.281 e. The second kappa shape index (κ2) is 5.22. The van der Waals surface area contributed by atoms with Gasteiger partial charge >= 0.3 is 0 Å². The maximum absolute atomic E-state index is 12.2. The van der Waals surface area contributed by atoms with E-state index in [1.54, 1.807) is 18.4 Å². The minimum absolute atomic E-state index is 0.242. The van der Waals surface area contributed by atoms with E-state index in [9.17, 15) is 8.42 Å². The average Bonchev–Trinajstić information content (AvgIpc) is 3.10. The molecule has 0 radical (unpaired) electrons. The Hall–Kier alpha value is -0.170. The molecule has 100 valence electrons. The molecule has 1 atom stereocenters. The van der Waals surface area contributed by atoms with Crippen molar-refractivity contribution in [1.29, 1.82) is 0 Å². The molecule has 0 aromatic carbocycles. The van der Waals surface area contributed by atoms with E-state index in [-0.39, 0.29) is 6.04 Å². The molecular weight excluding hydrogens is 238 g/mol. The molecule has 5 nitrogen and oxygen atoms in total. The summed E-state index contributed by atoms with van der Waals surface area (Å²) in [4.78, 5) is 0. The van der Waals surface area contributed by atoms with Crippen molar-refractivity contribution < 1.29 is 8.42 Å². The van der Waals surface area contributed by atoms with E-state index in [0.717, 1.165) is 25.8 Å². The molecule has 1 saturated heterocycles. The van der Waals surface area contributed by atoms with Gasteiger partial charge in [-0.15, -0.1) is 0 Å². The van der Waals surface area contributed by atoms with E-state index < -0.39 is 10.2 Å². The Labute approximate surface area is 104 Å². The smallest absolute Gasteiger partial charge is 0.281 e. The van der Waals surface area contributed by atoms with Crippen LogP contribution in [0.3, 0.4) is 0 Å². The number of nitrogens with zero attached hydrogens (tertiary/aromatic N) is 2. The van der Waals surface area contributed by atoms with Crippen LogP contribution in [-0.4, -0.2) is 56.3 Å². The van der Waals surface area contributed by atoms with Crippen molar-refractivity contribution in [2.45, 2.75) is 44.2 Å². The standard InChI is InChI=1S/C11H23N3O2S/c1-13(2)17(15,16)14(11-6-7-11)9-10-5-3-4-8-12-10/h10-12H,3-9H2,1-2H3. The van der Waals surface area contributed by atoms with Crippen LogP contribution >= 0.6 is 0 Å². The van der Waals surface area contributed by atoms with Crippen LogP contribution in [-0.2, 0) is 10.2 Å². The molecule has 0 spiro atoms. The third kappa shape index (κ3) is 3.19. The number of piperidine rings is 1. The van der Waals surface area contributed by atoms with Gasteiger partial charge in [-0.05, 0) is 32.2 Å². The highest BCUT2D eigenvalue weighted by molar-refractivity contribution is 7.86. The molecule has 17 heavy (non-hydrogen) atoms. The monoisotopic (exact) mass is 261 g/mol. The molecule has 1 aliphatic heterocycles. The number of nitrogens with one attached hydrogen (secondary N) is 1. The third-order valence-corrected chi connectivity index (χ3v) is 5.49. The van der Waals surface area contributed by atoms with Gasteiger partial charge in [-0.2, -0.15) is 17.0 Å². The van der Waals surface area contributed by atoms with Gasteiger partial charge in [0.2, 0.25) is 0 Å². The predicted molar refractivity (Wildman–Crippen MR) is 68.0 cm³/mol. The summed E-state index contributed by atoms with van der Waals surface area (Å²) in [5, 5.41) is 3.42. The number of rotatable bonds is 5. The van der Waals surface area contributed by atoms with Gasteiger partial charge in [-0.3, -0.25) is 0 Å². The van der Waals surface area contributed by atoms with Gasteiger partial charge in [0.1, 0.15) is 0 Å². The fourth-order valence-electron chi connectivity index (χ4n) is 2.30. The lowest BCUT2D eigenvalue weighted by molar-refractivity contribution is 0.295. The van der Waals surface area contributed by atoms with E-state index in [0.29, 0.717) is 12.6 Å². The van der Waals surface area contributed by atoms with Crippen molar-refractivity contribution in [2.75, 3.05) is 27.2 Å². The largest absolute Gasteiger partial charge is 0.313 e. The van der Waals surface area contributed by atoms with E-state index >= 15 is 0 Å². The highest BCUT2D eigenvalue weighted by Crippen LogP contribution is 2.30. The molecule has 2 aliphatic rings. The zero-order valence-electron chi connectivity index (χ0n) is 10.7. The molecule has 6 heteroatoms. The van der Waals surface area contributed by atoms with Crippen molar-refractivity contribution in [3.05, 3.63) is 0 Å². The quantitative estimate of drug-likeness (QED) is 0.779. The topological polar surface area (TPSA) is 52.7 Å². The van der Waals surface area contributed by atoms with Gasteiger partial charge in [0.15, 0.2) is 0 Å². The van der Waals surface area contributed by atoms with Gasteiger partial charge < -0.3 is 5.32 Å². The van der Waals surface area contributed by atoms with Crippen molar-refractivity contribution in [2.24, 2.45) is 0 Å². The second-order valence-corrected chi connectivity index (χ2v) is 7.33. The fraction of sp³-hybridized carbons (Fsp3) is 1.00. The summed E-state index contributed by atoms with van der Waals surface area (Å²) in [5.74, 6) is 0. The first kappa shape index (κ1) is 13.3. The van der Waals surface area contributed by atoms with Crippen LogP contribution in [0.25, 0.3) is 0 Å². The van der Waals surface area contributed by atoms with Gasteiger partial charge in [-0.1, -0.05) is 6.42 Å². The summed E-state index contributed by atoms with van der Waals surface area (Å²) < 4.78 is 27.4. The number of hydrogen-bond acceptors (Lipinski definition) is 3. The molecule has 0 aromatic rings. The van der Waals surface area contributed by atoms with Crippen molar-refractivity contribution >= 4 is 10.2 Å². The molecular formula is C11H23N3O2S. The van der Waals surface area contributed by atoms with E-state index in [1.165, 1.54) is 17.1 Å². The van der Waals surface area contributed by atoms with Crippen molar-refractivity contribution in [3.8, 4) is 0 Å². The Bertz CT molecular complexity index is 346. The molecule has 2 fully saturated rings. The third-order valence-electron chi connectivity index (χ3n) is 3.52. The van der Waals surface area contributed by atoms with Crippen LogP contribution in [0.4, 0.5) is 0 Å². The molecule has 0 bridgehead atoms. The Morgan fingerprint density at radius 2 is 1.88 bits per heavy atom. The molecule has 1 saturated carbocycles. The van der Waals surface area contributed by atoms with Crippen LogP contribution in [0.1, 0.15) is 32.1 Å². The fourth-order valence-corrected chi connectivity index (χ4v) is 3.68. The normalized spacial score (nSPS) is 26.7. The van der Waals surface area contributed by atoms with Gasteiger partial charge in [0, 0.05) is 32.7 Å². The molecule has 0 aromatic heterocycles. The summed E-state index contributed by atoms with van der Waals surface area (Å²) in [7, 11) is -0.0282. The SMILES string of the molecule is CN(C)S(=O)(=O)N(CC1CCCCN1)C1CC1. The summed E-state index contributed by atoms with van der Waals surface area (Å²) in [6.07, 6.45) is 5.53. The molecule has 1 heterocycles. The van der Waals surface area contributed by atoms with E-state index in [2.05, 4.69) is 5.32 Å². The van der Waals surface area contributed by atoms with Crippen LogP contribution < -0.4 is 5.32 Å². The summed E-state index contributed by atoms with van der Waals surface area (Å²) in [6.45, 7) is 1.65. The highest BCUT2D eigenvalue weighted by Gasteiger charge is 2.39. The Balaban J connectivity index is 2.02. The molecule has 1 unspecified atom stereocenters. The summed E-state index contributed by atoms with van der Waals surface area (Å²) >= 11 is 0. The maximum atomic E-state index is 12.2. The molecule has 0 amide bonds. The first-order valence-corrected chi connectivity index (χ1v) is 7.84. The Morgan fingerprint density at radius 1 is 1.18 bits per heavy atom. The first-order chi connectivity index (χ1) is 8.01. The lowest BCUT2D eigenvalue weighted by Gasteiger charge is -2.31. The minimum Gasteiger partial charge on any atom is -0.313 e. The van der Waals surface area contributed by atoms with E-state index in [4.69, 9.17) is 0 Å². The van der Waals surface area contributed by atoms with E-state index in [1.807, 2.05) is 0 Å². The zero-order valence-corrected chi connectivity index (χ0v) is 11.5. The molecule has 1 N–H and O–H groups in total. The van der Waals surface area contributed by atoms with Gasteiger partial charge in [0.05, 0.1) is 0 Å². The second-order valence-electron chi connectivity index (χ2n) is 5.24. The molecule has 1 aliphatic carbocycles. The Kier molecular flexibility index (Phi) is 4.07. The first-order valence-electron chi connectivity index (χ1n) is 6.44. The zero-order chi connectivity index (χ0) is 12.5. The van der Waals surface area contributed by atoms with Crippen LogP contribution in [0.15, 0.2) is 0 Å². The van der Waals surface area contributed by atoms with Crippen LogP contribution in [0.5, 0.6) is 0 Å². The summed E-state index contributed by atoms with van der Waals surface area (Å²) in [5.41, 5.74) is 0. The van der Waals surface area contributed by atoms with Crippen LogP contribution in [0.2, 0.25) is 0 Å². The number of hydrogen-bond donors (Lipinski definition) is 1. The van der Waals surface area contributed by atoms with Crippen molar-refractivity contribution in [1.82, 2.24) is 13.9 Å². The predicted octanol–water partition coefficient (Wildman–Crippen LogP) is 0.399. The van der Waals surface area contributed by atoms with Gasteiger partial charge in [0.25, 0.3) is 10.2 Å². The van der Waals surface area contributed by atoms with Crippen molar-refractivity contribution in [3.63, 3.8) is 0 Å². The minimum atomic E-state index is -3.25. The average molecular weight is 261 g/mol. The van der Waals surface area contributed by atoms with Crippen LogP contribution in [0, 0.1) is 0 Å². The lowest BCUT2D eigenvalue weighted by atomic mass is 10.1. The van der Waals surface area contributed by atoms with Gasteiger partial charge in [-0.25, -0.2) is 0 Å². The Morgan fingerprint density at radius 3 is 2.35 bits per heavy atom. The molecule has 2 rings (SSSR count).